The van der Waals surface area contributed by atoms with Gasteiger partial charge in [-0.25, -0.2) is 22.2 Å². The third-order valence-corrected chi connectivity index (χ3v) is 8.77. The molecule has 1 unspecified atom stereocenters. The summed E-state index contributed by atoms with van der Waals surface area (Å²) in [5, 5.41) is -0.0365. The maximum absolute atomic E-state index is 15.2. The first kappa shape index (κ1) is 25.8. The molecule has 0 spiro atoms. The van der Waals surface area contributed by atoms with Crippen LogP contribution in [0.1, 0.15) is 42.5 Å². The molecule has 0 amide bonds. The lowest BCUT2D eigenvalue weighted by Crippen LogP contribution is -2.44. The lowest BCUT2D eigenvalue weighted by atomic mass is 9.84. The molecule has 0 bridgehead atoms. The Bertz CT molecular complexity index is 1370. The summed E-state index contributed by atoms with van der Waals surface area (Å²) < 4.78 is 107. The normalized spacial score (nSPS) is 22.8. The van der Waals surface area contributed by atoms with Crippen LogP contribution in [-0.2, 0) is 10.0 Å². The maximum atomic E-state index is 15.2. The van der Waals surface area contributed by atoms with Gasteiger partial charge in [0.1, 0.15) is 28.6 Å². The maximum Gasteiger partial charge on any atom is 0.391 e. The second kappa shape index (κ2) is 9.80. The molecule has 2 aliphatic rings. The topological polar surface area (TPSA) is 84.4 Å². The number of nitrogens with zero attached hydrogens (tertiary/aromatic N) is 3. The van der Waals surface area contributed by atoms with E-state index < -0.39 is 50.7 Å². The molecule has 7 nitrogen and oxygen atoms in total. The van der Waals surface area contributed by atoms with E-state index in [9.17, 15) is 26.0 Å². The number of fused-ring (bicyclic) bond motifs is 1. The summed E-state index contributed by atoms with van der Waals surface area (Å²) in [5.74, 6) is -2.94. The average molecular weight is 561 g/mol. The van der Waals surface area contributed by atoms with Gasteiger partial charge in [0.05, 0.1) is 12.5 Å². The standard InChI is InChI=1S/C23H21F5N4O3S2/c24-15-3-1-13(2-4-15)19-9-14(23(26,27)28)5-7-32(19)18-6-8-35-20-11-21(17(25)10-16(18)20)37(33,34)31-22-29-12-30-36-22/h1-4,10-12,14,18-19H,5-9H2,(H,29,30,31)/t14-,18?,19+/m1/s1. The first-order valence-corrected chi connectivity index (χ1v) is 13.6. The summed E-state index contributed by atoms with van der Waals surface area (Å²) >= 11 is 0.784. The molecule has 5 rings (SSSR count). The Morgan fingerprint density at radius 1 is 1.08 bits per heavy atom. The second-order valence-electron chi connectivity index (χ2n) is 8.89. The van der Waals surface area contributed by atoms with Gasteiger partial charge in [-0.15, -0.1) is 0 Å². The fraction of sp³-hybridized carbons (Fsp3) is 0.391. The van der Waals surface area contributed by atoms with E-state index in [4.69, 9.17) is 4.74 Å². The molecule has 0 radical (unpaired) electrons. The smallest absolute Gasteiger partial charge is 0.391 e. The van der Waals surface area contributed by atoms with Gasteiger partial charge in [0.25, 0.3) is 10.0 Å². The van der Waals surface area contributed by atoms with Crippen molar-refractivity contribution in [1.82, 2.24) is 14.3 Å². The molecule has 37 heavy (non-hydrogen) atoms. The van der Waals surface area contributed by atoms with Crippen LogP contribution in [0.25, 0.3) is 0 Å². The Labute approximate surface area is 213 Å². The largest absolute Gasteiger partial charge is 0.493 e. The molecule has 1 saturated heterocycles. The highest BCUT2D eigenvalue weighted by Crippen LogP contribution is 2.48. The predicted molar refractivity (Wildman–Crippen MR) is 125 cm³/mol. The summed E-state index contributed by atoms with van der Waals surface area (Å²) in [6.07, 6.45) is -3.25. The molecule has 1 fully saturated rings. The van der Waals surface area contributed by atoms with Gasteiger partial charge in [-0.05, 0) is 43.1 Å². The number of benzene rings is 2. The number of sulfonamides is 1. The quantitative estimate of drug-likeness (QED) is 0.418. The number of piperidine rings is 1. The van der Waals surface area contributed by atoms with Crippen LogP contribution in [0.2, 0.25) is 0 Å². The number of ether oxygens (including phenoxy) is 1. The summed E-state index contributed by atoms with van der Waals surface area (Å²) in [6.45, 7) is 0.221. The summed E-state index contributed by atoms with van der Waals surface area (Å²) in [5.41, 5.74) is 0.862. The minimum atomic E-state index is -4.38. The van der Waals surface area contributed by atoms with E-state index in [1.165, 1.54) is 24.3 Å². The fourth-order valence-electron chi connectivity index (χ4n) is 4.98. The lowest BCUT2D eigenvalue weighted by Gasteiger charge is -2.46. The molecule has 1 aromatic heterocycles. The van der Waals surface area contributed by atoms with Crippen LogP contribution in [0.3, 0.4) is 0 Å². The number of anilines is 1. The van der Waals surface area contributed by atoms with Crippen LogP contribution >= 0.6 is 11.5 Å². The van der Waals surface area contributed by atoms with Crippen molar-refractivity contribution in [2.75, 3.05) is 17.9 Å². The molecule has 3 aromatic rings. The highest BCUT2D eigenvalue weighted by molar-refractivity contribution is 7.93. The Morgan fingerprint density at radius 3 is 2.51 bits per heavy atom. The minimum absolute atomic E-state index is 0.0365. The molecule has 1 N–H and O–H groups in total. The van der Waals surface area contributed by atoms with E-state index in [0.29, 0.717) is 17.5 Å². The van der Waals surface area contributed by atoms with Crippen LogP contribution in [0.5, 0.6) is 5.75 Å². The summed E-state index contributed by atoms with van der Waals surface area (Å²) in [7, 11) is -4.34. The lowest BCUT2D eigenvalue weighted by molar-refractivity contribution is -0.192. The Kier molecular flexibility index (Phi) is 6.83. The van der Waals surface area contributed by atoms with Crippen molar-refractivity contribution < 1.29 is 35.1 Å². The van der Waals surface area contributed by atoms with Crippen molar-refractivity contribution in [3.63, 3.8) is 0 Å². The number of aromatic nitrogens is 2. The zero-order chi connectivity index (χ0) is 26.4. The predicted octanol–water partition coefficient (Wildman–Crippen LogP) is 5.46. The zero-order valence-electron chi connectivity index (χ0n) is 19.1. The molecule has 198 valence electrons. The van der Waals surface area contributed by atoms with E-state index >= 15 is 4.39 Å². The number of nitrogens with one attached hydrogen (secondary N) is 1. The molecule has 0 aliphatic carbocycles. The molecular weight excluding hydrogens is 539 g/mol. The molecule has 0 saturated carbocycles. The third-order valence-electron chi connectivity index (χ3n) is 6.71. The van der Waals surface area contributed by atoms with Gasteiger partial charge in [0, 0.05) is 41.7 Å². The Balaban J connectivity index is 1.50. The van der Waals surface area contributed by atoms with Crippen LogP contribution in [0, 0.1) is 17.6 Å². The van der Waals surface area contributed by atoms with E-state index in [2.05, 4.69) is 14.1 Å². The summed E-state index contributed by atoms with van der Waals surface area (Å²) in [4.78, 5) is 4.94. The van der Waals surface area contributed by atoms with Gasteiger partial charge < -0.3 is 4.74 Å². The molecule has 3 atom stereocenters. The first-order chi connectivity index (χ1) is 17.5. The third kappa shape index (κ3) is 5.27. The zero-order valence-corrected chi connectivity index (χ0v) is 20.7. The summed E-state index contributed by atoms with van der Waals surface area (Å²) in [6, 6.07) is 6.22. The molecule has 3 heterocycles. The van der Waals surface area contributed by atoms with Crippen molar-refractivity contribution in [2.24, 2.45) is 5.92 Å². The van der Waals surface area contributed by atoms with Gasteiger partial charge in [-0.2, -0.15) is 17.5 Å². The Hall–Kier alpha value is -2.84. The number of hydrogen-bond donors (Lipinski definition) is 1. The van der Waals surface area contributed by atoms with E-state index in [1.807, 2.05) is 4.90 Å². The monoisotopic (exact) mass is 560 g/mol. The van der Waals surface area contributed by atoms with Crippen molar-refractivity contribution in [2.45, 2.75) is 42.4 Å². The average Bonchev–Trinajstić information content (AvgIpc) is 3.35. The van der Waals surface area contributed by atoms with Crippen molar-refractivity contribution >= 4 is 26.7 Å². The fourth-order valence-corrected chi connectivity index (χ4v) is 6.71. The first-order valence-electron chi connectivity index (χ1n) is 11.4. The molecule has 2 aliphatic heterocycles. The van der Waals surface area contributed by atoms with Crippen molar-refractivity contribution in [1.29, 1.82) is 0 Å². The molecule has 14 heteroatoms. The SMILES string of the molecule is O=S(=O)(Nc1ncns1)c1cc2c(cc1F)C(N1CC[C@@H](C(F)(F)F)C[C@H]1c1ccc(F)cc1)CCO2. The van der Waals surface area contributed by atoms with Gasteiger partial charge in [0.15, 0.2) is 0 Å². The van der Waals surface area contributed by atoms with Crippen LogP contribution in [-0.4, -0.2) is 42.0 Å². The highest BCUT2D eigenvalue weighted by atomic mass is 32.2. The number of halogens is 5. The number of alkyl halides is 3. The van der Waals surface area contributed by atoms with Gasteiger partial charge in [-0.1, -0.05) is 12.1 Å². The van der Waals surface area contributed by atoms with Gasteiger partial charge in [0.2, 0.25) is 5.13 Å². The highest BCUT2D eigenvalue weighted by Gasteiger charge is 2.46. The van der Waals surface area contributed by atoms with Gasteiger partial charge >= 0.3 is 6.18 Å². The Morgan fingerprint density at radius 2 is 1.84 bits per heavy atom. The second-order valence-corrected chi connectivity index (χ2v) is 11.3. The molecular formula is C23H21F5N4O3S2. The molecule has 2 aromatic carbocycles. The van der Waals surface area contributed by atoms with E-state index in [1.54, 1.807) is 0 Å². The van der Waals surface area contributed by atoms with E-state index in [0.717, 1.165) is 30.0 Å². The van der Waals surface area contributed by atoms with E-state index in [-0.39, 0.29) is 36.9 Å². The van der Waals surface area contributed by atoms with Crippen LogP contribution in [0.15, 0.2) is 47.6 Å². The van der Waals surface area contributed by atoms with Crippen LogP contribution < -0.4 is 9.46 Å². The van der Waals surface area contributed by atoms with Crippen LogP contribution in [0.4, 0.5) is 27.1 Å². The van der Waals surface area contributed by atoms with Crippen molar-refractivity contribution in [3.8, 4) is 5.75 Å². The number of likely N-dealkylation sites (tertiary alicyclic amines) is 1. The van der Waals surface area contributed by atoms with Crippen molar-refractivity contribution in [3.05, 3.63) is 65.5 Å². The van der Waals surface area contributed by atoms with Gasteiger partial charge in [-0.3, -0.25) is 9.62 Å². The minimum Gasteiger partial charge on any atom is -0.493 e. The number of hydrogen-bond acceptors (Lipinski definition) is 7. The number of rotatable bonds is 5.